The van der Waals surface area contributed by atoms with Gasteiger partial charge in [-0.1, -0.05) is 12.1 Å². The van der Waals surface area contributed by atoms with Gasteiger partial charge >= 0.3 is 0 Å². The third kappa shape index (κ3) is 1.98. The van der Waals surface area contributed by atoms with Crippen LogP contribution in [0, 0.1) is 6.92 Å². The Labute approximate surface area is 94.4 Å². The molecule has 4 heteroatoms. The Kier molecular flexibility index (Phi) is 3.03. The summed E-state index contributed by atoms with van der Waals surface area (Å²) >= 11 is 0. The summed E-state index contributed by atoms with van der Waals surface area (Å²) in [4.78, 5) is 4.16. The maximum atomic E-state index is 8.95. The van der Waals surface area contributed by atoms with Crippen molar-refractivity contribution in [2.75, 3.05) is 6.61 Å². The molecule has 0 radical (unpaired) electrons. The van der Waals surface area contributed by atoms with E-state index in [2.05, 4.69) is 4.98 Å². The van der Waals surface area contributed by atoms with Gasteiger partial charge in [-0.05, 0) is 24.6 Å². The van der Waals surface area contributed by atoms with Gasteiger partial charge in [-0.25, -0.2) is 4.98 Å². The molecule has 1 aromatic carbocycles. The van der Waals surface area contributed by atoms with Gasteiger partial charge in [-0.15, -0.1) is 0 Å². The molecule has 84 valence electrons. The Hall–Kier alpha value is -1.65. The monoisotopic (exact) mass is 217 g/mol. The van der Waals surface area contributed by atoms with Gasteiger partial charge in [-0.3, -0.25) is 0 Å². The fraction of sp³-hybridized carbons (Fsp3) is 0.250. The number of benzene rings is 1. The number of rotatable bonds is 3. The number of hydrogen-bond donors (Lipinski definition) is 2. The van der Waals surface area contributed by atoms with Gasteiger partial charge in [0.05, 0.1) is 12.6 Å². The number of nitrogens with two attached hydrogens (primary N) is 1. The molecule has 0 aliphatic heterocycles. The summed E-state index contributed by atoms with van der Waals surface area (Å²) in [5.41, 5.74) is 7.70. The van der Waals surface area contributed by atoms with E-state index in [0.29, 0.717) is 0 Å². The van der Waals surface area contributed by atoms with E-state index in [1.165, 1.54) is 0 Å². The predicted octanol–water partition coefficient (Wildman–Crippen LogP) is 1.17. The Morgan fingerprint density at radius 1 is 1.38 bits per heavy atom. The van der Waals surface area contributed by atoms with Gasteiger partial charge in [0.2, 0.25) is 0 Å². The maximum absolute atomic E-state index is 8.95. The highest BCUT2D eigenvalue weighted by Crippen LogP contribution is 2.15. The molecule has 0 aliphatic rings. The van der Waals surface area contributed by atoms with Crippen LogP contribution >= 0.6 is 0 Å². The first-order chi connectivity index (χ1) is 7.72. The van der Waals surface area contributed by atoms with Crippen LogP contribution in [0.2, 0.25) is 0 Å². The number of aromatic nitrogens is 2. The molecule has 16 heavy (non-hydrogen) atoms. The van der Waals surface area contributed by atoms with Crippen molar-refractivity contribution >= 4 is 0 Å². The lowest BCUT2D eigenvalue weighted by atomic mass is 10.1. The summed E-state index contributed by atoms with van der Waals surface area (Å²) < 4.78 is 1.99. The van der Waals surface area contributed by atoms with Crippen molar-refractivity contribution in [3.8, 4) is 5.69 Å². The van der Waals surface area contributed by atoms with Gasteiger partial charge in [0, 0.05) is 18.1 Å². The molecule has 0 unspecified atom stereocenters. The quantitative estimate of drug-likeness (QED) is 0.811. The molecule has 0 fully saturated rings. The summed E-state index contributed by atoms with van der Waals surface area (Å²) in [7, 11) is 0. The molecule has 3 N–H and O–H groups in total. The average molecular weight is 217 g/mol. The van der Waals surface area contributed by atoms with Crippen LogP contribution in [0.15, 0.2) is 36.7 Å². The second-order valence-corrected chi connectivity index (χ2v) is 3.73. The SMILES string of the molecule is Cc1nccn1-c1ccc([C@H](N)CO)cc1. The summed E-state index contributed by atoms with van der Waals surface area (Å²) in [6, 6.07) is 7.49. The number of hydrogen-bond acceptors (Lipinski definition) is 3. The first-order valence-corrected chi connectivity index (χ1v) is 5.19. The zero-order valence-electron chi connectivity index (χ0n) is 9.17. The van der Waals surface area contributed by atoms with E-state index in [0.717, 1.165) is 17.1 Å². The van der Waals surface area contributed by atoms with Crippen LogP contribution in [0.5, 0.6) is 0 Å². The molecule has 0 amide bonds. The van der Waals surface area contributed by atoms with Crippen molar-refractivity contribution in [1.29, 1.82) is 0 Å². The van der Waals surface area contributed by atoms with E-state index >= 15 is 0 Å². The minimum atomic E-state index is -0.307. The minimum absolute atomic E-state index is 0.0382. The molecule has 1 heterocycles. The molecule has 1 aromatic heterocycles. The van der Waals surface area contributed by atoms with Gasteiger partial charge in [0.25, 0.3) is 0 Å². The number of nitrogens with zero attached hydrogens (tertiary/aromatic N) is 2. The molecule has 2 aromatic rings. The molecule has 0 bridgehead atoms. The topological polar surface area (TPSA) is 64.1 Å². The third-order valence-electron chi connectivity index (χ3n) is 2.62. The van der Waals surface area contributed by atoms with Crippen molar-refractivity contribution in [2.24, 2.45) is 5.73 Å². The molecule has 0 saturated carbocycles. The van der Waals surface area contributed by atoms with Crippen LogP contribution < -0.4 is 5.73 Å². The van der Waals surface area contributed by atoms with E-state index in [1.54, 1.807) is 6.20 Å². The standard InChI is InChI=1S/C12H15N3O/c1-9-14-6-7-15(9)11-4-2-10(3-5-11)12(13)8-16/h2-7,12,16H,8,13H2,1H3/t12-/m1/s1. The zero-order chi connectivity index (χ0) is 11.5. The lowest BCUT2D eigenvalue weighted by Crippen LogP contribution is -2.14. The highest BCUT2D eigenvalue weighted by Gasteiger charge is 2.05. The lowest BCUT2D eigenvalue weighted by molar-refractivity contribution is 0.268. The van der Waals surface area contributed by atoms with Gasteiger partial charge in [-0.2, -0.15) is 0 Å². The highest BCUT2D eigenvalue weighted by molar-refractivity contribution is 5.36. The summed E-state index contributed by atoms with van der Waals surface area (Å²) in [6.45, 7) is 1.91. The Bertz CT molecular complexity index is 461. The van der Waals surface area contributed by atoms with E-state index in [9.17, 15) is 0 Å². The van der Waals surface area contributed by atoms with Crippen LogP contribution in [0.25, 0.3) is 5.69 Å². The largest absolute Gasteiger partial charge is 0.394 e. The summed E-state index contributed by atoms with van der Waals surface area (Å²) in [6.07, 6.45) is 3.68. The number of aryl methyl sites for hydroxylation is 1. The number of imidazole rings is 1. The van der Waals surface area contributed by atoms with Crippen molar-refractivity contribution in [3.63, 3.8) is 0 Å². The van der Waals surface area contributed by atoms with E-state index in [1.807, 2.05) is 42.0 Å². The summed E-state index contributed by atoms with van der Waals surface area (Å²) in [5, 5.41) is 8.95. The average Bonchev–Trinajstić information content (AvgIpc) is 2.75. The molecule has 0 saturated heterocycles. The Morgan fingerprint density at radius 3 is 2.56 bits per heavy atom. The fourth-order valence-electron chi connectivity index (χ4n) is 1.64. The minimum Gasteiger partial charge on any atom is -0.394 e. The van der Waals surface area contributed by atoms with Gasteiger partial charge in [0.1, 0.15) is 5.82 Å². The highest BCUT2D eigenvalue weighted by atomic mass is 16.3. The number of aliphatic hydroxyl groups excluding tert-OH is 1. The molecule has 0 spiro atoms. The molecule has 1 atom stereocenters. The van der Waals surface area contributed by atoms with Crippen LogP contribution in [-0.4, -0.2) is 21.3 Å². The smallest absolute Gasteiger partial charge is 0.110 e. The second kappa shape index (κ2) is 4.47. The van der Waals surface area contributed by atoms with Crippen molar-refractivity contribution < 1.29 is 5.11 Å². The zero-order valence-corrected chi connectivity index (χ0v) is 9.17. The van der Waals surface area contributed by atoms with E-state index in [-0.39, 0.29) is 12.6 Å². The normalized spacial score (nSPS) is 12.7. The van der Waals surface area contributed by atoms with Gasteiger partial charge in [0.15, 0.2) is 0 Å². The predicted molar refractivity (Wildman–Crippen MR) is 62.3 cm³/mol. The van der Waals surface area contributed by atoms with E-state index in [4.69, 9.17) is 10.8 Å². The van der Waals surface area contributed by atoms with E-state index < -0.39 is 0 Å². The molecule has 2 rings (SSSR count). The fourth-order valence-corrected chi connectivity index (χ4v) is 1.64. The lowest BCUT2D eigenvalue weighted by Gasteiger charge is -2.10. The van der Waals surface area contributed by atoms with Crippen molar-refractivity contribution in [2.45, 2.75) is 13.0 Å². The third-order valence-corrected chi connectivity index (χ3v) is 2.62. The molecule has 4 nitrogen and oxygen atoms in total. The summed E-state index contributed by atoms with van der Waals surface area (Å²) in [5.74, 6) is 0.944. The Balaban J connectivity index is 2.30. The first-order valence-electron chi connectivity index (χ1n) is 5.19. The van der Waals surface area contributed by atoms with Crippen LogP contribution in [-0.2, 0) is 0 Å². The molecular formula is C12H15N3O. The van der Waals surface area contributed by atoms with Gasteiger partial charge < -0.3 is 15.4 Å². The van der Waals surface area contributed by atoms with Crippen molar-refractivity contribution in [3.05, 3.63) is 48.0 Å². The second-order valence-electron chi connectivity index (χ2n) is 3.73. The molecule has 0 aliphatic carbocycles. The Morgan fingerprint density at radius 2 is 2.06 bits per heavy atom. The first kappa shape index (κ1) is 10.9. The van der Waals surface area contributed by atoms with Crippen molar-refractivity contribution in [1.82, 2.24) is 9.55 Å². The molecular weight excluding hydrogens is 202 g/mol. The van der Waals surface area contributed by atoms with Crippen LogP contribution in [0.1, 0.15) is 17.4 Å². The van der Waals surface area contributed by atoms with Crippen LogP contribution in [0.4, 0.5) is 0 Å². The maximum Gasteiger partial charge on any atom is 0.110 e. The van der Waals surface area contributed by atoms with Crippen LogP contribution in [0.3, 0.4) is 0 Å². The number of aliphatic hydroxyl groups is 1.